The number of nitrogen functional groups attached to an aromatic ring is 1. The fourth-order valence-corrected chi connectivity index (χ4v) is 3.28. The van der Waals surface area contributed by atoms with E-state index in [1.807, 2.05) is 25.1 Å². The second-order valence-electron chi connectivity index (χ2n) is 6.67. The molecule has 0 spiro atoms. The van der Waals surface area contributed by atoms with Crippen molar-refractivity contribution in [2.75, 3.05) is 11.1 Å². The lowest BCUT2D eigenvalue weighted by Gasteiger charge is -2.29. The van der Waals surface area contributed by atoms with Crippen LogP contribution in [0.5, 0.6) is 0 Å². The highest BCUT2D eigenvalue weighted by atomic mass is 15.0. The van der Waals surface area contributed by atoms with Crippen LogP contribution in [0.1, 0.15) is 38.8 Å². The molecule has 1 heterocycles. The molecule has 1 aromatic carbocycles. The van der Waals surface area contributed by atoms with Gasteiger partial charge in [-0.05, 0) is 49.4 Å². The Morgan fingerprint density at radius 2 is 2.10 bits per heavy atom. The molecule has 0 saturated heterocycles. The molecule has 1 fully saturated rings. The molecule has 1 atom stereocenters. The first-order valence-corrected chi connectivity index (χ1v) is 7.39. The van der Waals surface area contributed by atoms with Crippen LogP contribution < -0.4 is 11.1 Å². The summed E-state index contributed by atoms with van der Waals surface area (Å²) in [5, 5.41) is 4.87. The van der Waals surface area contributed by atoms with Gasteiger partial charge >= 0.3 is 0 Å². The quantitative estimate of drug-likeness (QED) is 0.806. The van der Waals surface area contributed by atoms with Crippen LogP contribution in [0.15, 0.2) is 24.3 Å². The van der Waals surface area contributed by atoms with E-state index in [1.54, 1.807) is 0 Å². The second kappa shape index (κ2) is 4.65. The molecule has 3 heteroatoms. The summed E-state index contributed by atoms with van der Waals surface area (Å²) in [6.45, 7) is 6.74. The molecular formula is C17H23N3. The number of benzene rings is 1. The first-order chi connectivity index (χ1) is 9.45. The Balaban J connectivity index is 2.04. The van der Waals surface area contributed by atoms with E-state index >= 15 is 0 Å². The maximum Gasteiger partial charge on any atom is 0.0727 e. The van der Waals surface area contributed by atoms with Crippen LogP contribution >= 0.6 is 0 Å². The number of nitrogens with one attached hydrogen (secondary N) is 1. The summed E-state index contributed by atoms with van der Waals surface area (Å²) in [6.07, 6.45) is 3.82. The second-order valence-corrected chi connectivity index (χ2v) is 6.67. The normalized spacial score (nSPS) is 21.2. The summed E-state index contributed by atoms with van der Waals surface area (Å²) < 4.78 is 0. The van der Waals surface area contributed by atoms with Crippen LogP contribution in [0.25, 0.3) is 10.9 Å². The molecule has 1 aromatic heterocycles. The number of nitrogens with two attached hydrogens (primary N) is 1. The molecule has 3 N–H and O–H groups in total. The number of hydrogen-bond donors (Lipinski definition) is 2. The standard InChI is InChI=1S/C17H23N3/c1-11-9-15(20-16-5-4-8-17(16,2)3)13-10-12(18)6-7-14(13)19-11/h6-7,9-10,16H,4-5,8,18H2,1-3H3,(H,19,20). The molecule has 3 nitrogen and oxygen atoms in total. The van der Waals surface area contributed by atoms with Gasteiger partial charge in [0.2, 0.25) is 0 Å². The largest absolute Gasteiger partial charge is 0.399 e. The number of rotatable bonds is 2. The first-order valence-electron chi connectivity index (χ1n) is 7.39. The van der Waals surface area contributed by atoms with Crippen molar-refractivity contribution >= 4 is 22.3 Å². The Kier molecular flexibility index (Phi) is 3.08. The van der Waals surface area contributed by atoms with Gasteiger partial charge in [-0.2, -0.15) is 0 Å². The molecule has 0 amide bonds. The summed E-state index contributed by atoms with van der Waals surface area (Å²) in [4.78, 5) is 4.59. The summed E-state index contributed by atoms with van der Waals surface area (Å²) in [5.74, 6) is 0. The maximum atomic E-state index is 5.94. The van der Waals surface area contributed by atoms with E-state index in [1.165, 1.54) is 24.9 Å². The van der Waals surface area contributed by atoms with Gasteiger partial charge in [0.25, 0.3) is 0 Å². The van der Waals surface area contributed by atoms with Crippen LogP contribution in [-0.4, -0.2) is 11.0 Å². The molecule has 0 aliphatic heterocycles. The molecule has 1 aliphatic rings. The predicted molar refractivity (Wildman–Crippen MR) is 85.9 cm³/mol. The van der Waals surface area contributed by atoms with Crippen molar-refractivity contribution in [3.05, 3.63) is 30.0 Å². The van der Waals surface area contributed by atoms with E-state index in [4.69, 9.17) is 5.73 Å². The lowest BCUT2D eigenvalue weighted by atomic mass is 9.87. The predicted octanol–water partition coefficient (Wildman–Crippen LogP) is 4.12. The van der Waals surface area contributed by atoms with Crippen LogP contribution in [0.2, 0.25) is 0 Å². The third-order valence-corrected chi connectivity index (χ3v) is 4.55. The highest BCUT2D eigenvalue weighted by Gasteiger charge is 2.34. The summed E-state index contributed by atoms with van der Waals surface area (Å²) >= 11 is 0. The van der Waals surface area contributed by atoms with E-state index in [0.717, 1.165) is 22.3 Å². The number of hydrogen-bond acceptors (Lipinski definition) is 3. The van der Waals surface area contributed by atoms with Crippen molar-refractivity contribution in [1.82, 2.24) is 4.98 Å². The zero-order valence-corrected chi connectivity index (χ0v) is 12.5. The molecular weight excluding hydrogens is 246 g/mol. The summed E-state index contributed by atoms with van der Waals surface area (Å²) in [5.41, 5.74) is 10.3. The average molecular weight is 269 g/mol. The van der Waals surface area contributed by atoms with Gasteiger partial charge < -0.3 is 11.1 Å². The molecule has 1 aliphatic carbocycles. The van der Waals surface area contributed by atoms with E-state index in [9.17, 15) is 0 Å². The van der Waals surface area contributed by atoms with Gasteiger partial charge in [-0.1, -0.05) is 20.3 Å². The minimum Gasteiger partial charge on any atom is -0.399 e. The fraction of sp³-hybridized carbons (Fsp3) is 0.471. The number of aryl methyl sites for hydroxylation is 1. The highest BCUT2D eigenvalue weighted by Crippen LogP contribution is 2.40. The van der Waals surface area contributed by atoms with Crippen molar-refractivity contribution in [1.29, 1.82) is 0 Å². The van der Waals surface area contributed by atoms with Gasteiger partial charge in [0.05, 0.1) is 5.52 Å². The van der Waals surface area contributed by atoms with Gasteiger partial charge in [0, 0.05) is 28.5 Å². The highest BCUT2D eigenvalue weighted by molar-refractivity contribution is 5.93. The third-order valence-electron chi connectivity index (χ3n) is 4.55. The smallest absolute Gasteiger partial charge is 0.0727 e. The number of aromatic nitrogens is 1. The Bertz CT molecular complexity index is 646. The van der Waals surface area contributed by atoms with Gasteiger partial charge in [0.1, 0.15) is 0 Å². The molecule has 0 bridgehead atoms. The maximum absolute atomic E-state index is 5.94. The van der Waals surface area contributed by atoms with E-state index in [-0.39, 0.29) is 0 Å². The Morgan fingerprint density at radius 3 is 2.80 bits per heavy atom. The number of nitrogens with zero attached hydrogens (tertiary/aromatic N) is 1. The van der Waals surface area contributed by atoms with Crippen LogP contribution in [0.3, 0.4) is 0 Å². The molecule has 1 unspecified atom stereocenters. The van der Waals surface area contributed by atoms with E-state index < -0.39 is 0 Å². The van der Waals surface area contributed by atoms with Crippen molar-refractivity contribution in [3.8, 4) is 0 Å². The summed E-state index contributed by atoms with van der Waals surface area (Å²) in [7, 11) is 0. The molecule has 3 rings (SSSR count). The molecule has 106 valence electrons. The zero-order valence-electron chi connectivity index (χ0n) is 12.5. The van der Waals surface area contributed by atoms with Gasteiger partial charge in [0.15, 0.2) is 0 Å². The van der Waals surface area contributed by atoms with Gasteiger partial charge in [-0.25, -0.2) is 0 Å². The van der Waals surface area contributed by atoms with E-state index in [0.29, 0.717) is 11.5 Å². The zero-order chi connectivity index (χ0) is 14.3. The van der Waals surface area contributed by atoms with Crippen LogP contribution in [-0.2, 0) is 0 Å². The molecule has 0 radical (unpaired) electrons. The van der Waals surface area contributed by atoms with E-state index in [2.05, 4.69) is 30.2 Å². The minimum absolute atomic E-state index is 0.351. The summed E-state index contributed by atoms with van der Waals surface area (Å²) in [6, 6.07) is 8.59. The van der Waals surface area contributed by atoms with Crippen molar-refractivity contribution < 1.29 is 0 Å². The lowest BCUT2D eigenvalue weighted by Crippen LogP contribution is -2.30. The van der Waals surface area contributed by atoms with Crippen LogP contribution in [0.4, 0.5) is 11.4 Å². The minimum atomic E-state index is 0.351. The van der Waals surface area contributed by atoms with Gasteiger partial charge in [-0.3, -0.25) is 4.98 Å². The third kappa shape index (κ3) is 2.33. The van der Waals surface area contributed by atoms with Crippen molar-refractivity contribution in [2.45, 2.75) is 46.1 Å². The first kappa shape index (κ1) is 13.2. The Morgan fingerprint density at radius 1 is 1.30 bits per heavy atom. The lowest BCUT2D eigenvalue weighted by molar-refractivity contribution is 0.350. The number of anilines is 2. The van der Waals surface area contributed by atoms with Crippen LogP contribution in [0, 0.1) is 12.3 Å². The topological polar surface area (TPSA) is 50.9 Å². The SMILES string of the molecule is Cc1cc(NC2CCCC2(C)C)c2cc(N)ccc2n1. The molecule has 20 heavy (non-hydrogen) atoms. The molecule has 1 saturated carbocycles. The molecule has 2 aromatic rings. The van der Waals surface area contributed by atoms with Gasteiger partial charge in [-0.15, -0.1) is 0 Å². The number of pyridine rings is 1. The Labute approximate surface area is 120 Å². The Hall–Kier alpha value is -1.77. The van der Waals surface area contributed by atoms with Crippen molar-refractivity contribution in [2.24, 2.45) is 5.41 Å². The average Bonchev–Trinajstić information content (AvgIpc) is 2.70. The number of fused-ring (bicyclic) bond motifs is 1. The fourth-order valence-electron chi connectivity index (χ4n) is 3.28. The van der Waals surface area contributed by atoms with Crippen molar-refractivity contribution in [3.63, 3.8) is 0 Å². The monoisotopic (exact) mass is 269 g/mol.